The minimum absolute atomic E-state index is 1.17. The van der Waals surface area contributed by atoms with Crippen molar-refractivity contribution in [2.75, 3.05) is 0 Å². The van der Waals surface area contributed by atoms with E-state index in [1.807, 2.05) is 11.8 Å². The summed E-state index contributed by atoms with van der Waals surface area (Å²) < 4.78 is 4.92. The van der Waals surface area contributed by atoms with Gasteiger partial charge >= 0.3 is 0 Å². The van der Waals surface area contributed by atoms with Gasteiger partial charge in [0.2, 0.25) is 0 Å². The zero-order chi connectivity index (χ0) is 37.2. The molecule has 0 N–H and O–H groups in total. The van der Waals surface area contributed by atoms with E-state index in [1.165, 1.54) is 119 Å². The molecule has 1 aliphatic rings. The van der Waals surface area contributed by atoms with Gasteiger partial charge in [0.15, 0.2) is 0 Å². The Morgan fingerprint density at radius 3 is 1.74 bits per heavy atom. The molecule has 0 bridgehead atoms. The molecule has 264 valence electrons. The van der Waals surface area contributed by atoms with Gasteiger partial charge in [-0.25, -0.2) is 0 Å². The van der Waals surface area contributed by atoms with Crippen molar-refractivity contribution in [2.45, 2.75) is 9.79 Å². The highest BCUT2D eigenvalue weighted by atomic mass is 32.2. The number of hydrogen-bond donors (Lipinski definition) is 0. The molecule has 57 heavy (non-hydrogen) atoms. The van der Waals surface area contributed by atoms with E-state index in [1.54, 1.807) is 0 Å². The van der Waals surface area contributed by atoms with Crippen LogP contribution in [-0.4, -0.2) is 9.13 Å². The number of benzene rings is 10. The Hall–Kier alpha value is -7.07. The molecule has 2 aromatic heterocycles. The van der Waals surface area contributed by atoms with Gasteiger partial charge in [0.05, 0.1) is 22.1 Å². The maximum atomic E-state index is 2.47. The van der Waals surface area contributed by atoms with E-state index in [0.717, 1.165) is 0 Å². The second-order valence-electron chi connectivity index (χ2n) is 15.3. The molecule has 0 amide bonds. The summed E-state index contributed by atoms with van der Waals surface area (Å²) in [6, 6.07) is 72.0. The molecule has 0 fully saturated rings. The zero-order valence-electron chi connectivity index (χ0n) is 30.8. The summed E-state index contributed by atoms with van der Waals surface area (Å²) in [6.45, 7) is 0. The van der Waals surface area contributed by atoms with Crippen molar-refractivity contribution in [3.63, 3.8) is 0 Å². The lowest BCUT2D eigenvalue weighted by Crippen LogP contribution is -1.99. The van der Waals surface area contributed by atoms with Crippen molar-refractivity contribution in [3.8, 4) is 33.6 Å². The average molecular weight is 741 g/mol. The third kappa shape index (κ3) is 4.49. The summed E-state index contributed by atoms with van der Waals surface area (Å²) in [5.74, 6) is 0. The number of hydrogen-bond acceptors (Lipinski definition) is 1. The molecule has 0 saturated heterocycles. The van der Waals surface area contributed by atoms with E-state index in [-0.39, 0.29) is 0 Å². The predicted molar refractivity (Wildman–Crippen MR) is 243 cm³/mol. The van der Waals surface area contributed by atoms with Crippen LogP contribution in [0.1, 0.15) is 0 Å². The summed E-state index contributed by atoms with van der Waals surface area (Å²) in [5, 5.41) is 12.8. The van der Waals surface area contributed by atoms with E-state index in [4.69, 9.17) is 0 Å². The molecule has 0 spiro atoms. The molecular formula is C54H32N2S. The quantitative estimate of drug-likeness (QED) is 0.175. The summed E-state index contributed by atoms with van der Waals surface area (Å²) in [6.07, 6.45) is 0. The highest BCUT2D eigenvalue weighted by Crippen LogP contribution is 2.52. The maximum Gasteiger partial charge on any atom is 0.0558 e. The largest absolute Gasteiger partial charge is 0.309 e. The van der Waals surface area contributed by atoms with Crippen molar-refractivity contribution in [2.24, 2.45) is 0 Å². The Labute approximate surface area is 332 Å². The van der Waals surface area contributed by atoms with Gasteiger partial charge in [0.25, 0.3) is 0 Å². The van der Waals surface area contributed by atoms with Gasteiger partial charge in [0, 0.05) is 48.1 Å². The topological polar surface area (TPSA) is 9.86 Å². The van der Waals surface area contributed by atoms with Crippen molar-refractivity contribution in [1.29, 1.82) is 0 Å². The summed E-state index contributed by atoms with van der Waals surface area (Å²) >= 11 is 1.90. The zero-order valence-corrected chi connectivity index (χ0v) is 31.6. The third-order valence-corrected chi connectivity index (χ3v) is 13.3. The lowest BCUT2D eigenvalue weighted by atomic mass is 9.94. The van der Waals surface area contributed by atoms with Gasteiger partial charge < -0.3 is 9.13 Å². The van der Waals surface area contributed by atoms with Gasteiger partial charge in [-0.15, -0.1) is 0 Å². The molecule has 0 radical (unpaired) electrons. The molecule has 3 heterocycles. The molecule has 0 saturated carbocycles. The van der Waals surface area contributed by atoms with E-state index in [2.05, 4.69) is 203 Å². The Kier molecular flexibility index (Phi) is 6.41. The Morgan fingerprint density at radius 2 is 0.895 bits per heavy atom. The Morgan fingerprint density at radius 1 is 0.298 bits per heavy atom. The van der Waals surface area contributed by atoms with E-state index >= 15 is 0 Å². The Bertz CT molecular complexity index is 3680. The standard InChI is InChI=1S/C54H32N2S/c1-3-12-35-28-37(21-20-33(35)10-1)38-23-27-49-46(30-38)41-14-5-7-18-47(41)55(49)40-25-26-42-43-16-9-17-45-53-44-15-6-8-19-48(44)56(39-24-22-34-11-2-4-13-36(34)29-39)50(53)32-52(54(43)45)57-51(42)31-40/h1-32H. The number of para-hydroxylation sites is 2. The second kappa shape index (κ2) is 11.7. The number of nitrogens with zero attached hydrogens (tertiary/aromatic N) is 2. The van der Waals surface area contributed by atoms with Gasteiger partial charge in [-0.05, 0) is 110 Å². The van der Waals surface area contributed by atoms with Crippen LogP contribution in [0.3, 0.4) is 0 Å². The first-order chi connectivity index (χ1) is 28.2. The van der Waals surface area contributed by atoms with Gasteiger partial charge in [-0.1, -0.05) is 145 Å². The van der Waals surface area contributed by atoms with Crippen LogP contribution in [-0.2, 0) is 0 Å². The minimum Gasteiger partial charge on any atom is -0.309 e. The molecule has 1 aliphatic heterocycles. The fraction of sp³-hybridized carbons (Fsp3) is 0. The van der Waals surface area contributed by atoms with Crippen LogP contribution >= 0.6 is 11.8 Å². The molecule has 3 heteroatoms. The Balaban J connectivity index is 0.996. The van der Waals surface area contributed by atoms with Crippen LogP contribution in [0.25, 0.3) is 110 Å². The SMILES string of the molecule is c1ccc2cc(-c3ccc4c(c3)c3ccccc3n4-c3ccc4c(c3)Sc3cc5c(c6cccc-4c36)c3ccccc3n5-c3ccc4ccccc4c3)ccc2c1. The molecule has 0 unspecified atom stereocenters. The third-order valence-electron chi connectivity index (χ3n) is 12.2. The first-order valence-electron chi connectivity index (χ1n) is 19.6. The van der Waals surface area contributed by atoms with Crippen molar-refractivity contribution in [3.05, 3.63) is 194 Å². The normalized spacial score (nSPS) is 12.5. The fourth-order valence-electron chi connectivity index (χ4n) is 9.68. The van der Waals surface area contributed by atoms with Crippen LogP contribution in [0.5, 0.6) is 0 Å². The van der Waals surface area contributed by atoms with Crippen LogP contribution in [0.15, 0.2) is 204 Å². The molecule has 10 aromatic carbocycles. The van der Waals surface area contributed by atoms with E-state index in [9.17, 15) is 0 Å². The lowest BCUT2D eigenvalue weighted by Gasteiger charge is -2.22. The minimum atomic E-state index is 1.17. The van der Waals surface area contributed by atoms with Crippen molar-refractivity contribution >= 4 is 87.7 Å². The summed E-state index contributed by atoms with van der Waals surface area (Å²) in [7, 11) is 0. The average Bonchev–Trinajstić information content (AvgIpc) is 3.78. The smallest absolute Gasteiger partial charge is 0.0558 e. The first-order valence-corrected chi connectivity index (χ1v) is 20.4. The molecule has 0 aliphatic carbocycles. The first kappa shape index (κ1) is 31.2. The van der Waals surface area contributed by atoms with Crippen molar-refractivity contribution < 1.29 is 0 Å². The highest BCUT2D eigenvalue weighted by Gasteiger charge is 2.25. The van der Waals surface area contributed by atoms with Crippen LogP contribution < -0.4 is 0 Å². The van der Waals surface area contributed by atoms with Gasteiger partial charge in [0.1, 0.15) is 0 Å². The summed E-state index contributed by atoms with van der Waals surface area (Å²) in [4.78, 5) is 2.57. The highest BCUT2D eigenvalue weighted by molar-refractivity contribution is 7.99. The second-order valence-corrected chi connectivity index (χ2v) is 16.4. The number of rotatable bonds is 3. The molecule has 13 rings (SSSR count). The number of aromatic nitrogens is 2. The van der Waals surface area contributed by atoms with Crippen LogP contribution in [0.4, 0.5) is 0 Å². The lowest BCUT2D eigenvalue weighted by molar-refractivity contribution is 1.16. The van der Waals surface area contributed by atoms with Gasteiger partial charge in [-0.2, -0.15) is 0 Å². The van der Waals surface area contributed by atoms with Gasteiger partial charge in [-0.3, -0.25) is 0 Å². The van der Waals surface area contributed by atoms with Crippen LogP contribution in [0, 0.1) is 0 Å². The summed E-state index contributed by atoms with van der Waals surface area (Å²) in [5.41, 5.74) is 12.3. The number of fused-ring (bicyclic) bond motifs is 11. The molecule has 12 aromatic rings. The maximum absolute atomic E-state index is 2.47. The van der Waals surface area contributed by atoms with E-state index < -0.39 is 0 Å². The molecule has 0 atom stereocenters. The molecular weight excluding hydrogens is 709 g/mol. The van der Waals surface area contributed by atoms with Crippen LogP contribution in [0.2, 0.25) is 0 Å². The predicted octanol–water partition coefficient (Wildman–Crippen LogP) is 15.1. The fourth-order valence-corrected chi connectivity index (χ4v) is 10.9. The molecule has 2 nitrogen and oxygen atoms in total. The van der Waals surface area contributed by atoms with Crippen molar-refractivity contribution in [1.82, 2.24) is 9.13 Å². The monoisotopic (exact) mass is 740 g/mol. The van der Waals surface area contributed by atoms with E-state index in [0.29, 0.717) is 0 Å².